The maximum absolute atomic E-state index is 13.9. The van der Waals surface area contributed by atoms with Gasteiger partial charge in [0.05, 0.1) is 23.1 Å². The molecule has 7 nitrogen and oxygen atoms in total. The van der Waals surface area contributed by atoms with Crippen molar-refractivity contribution < 1.29 is 27.1 Å². The fraction of sp³-hybridized carbons (Fsp3) is 0.444. The maximum atomic E-state index is 13.9. The van der Waals surface area contributed by atoms with Crippen molar-refractivity contribution in [2.45, 2.75) is 69.1 Å². The second-order valence-electron chi connectivity index (χ2n) is 10.5. The van der Waals surface area contributed by atoms with Gasteiger partial charge in [-0.1, -0.05) is 56.7 Å². The van der Waals surface area contributed by atoms with E-state index >= 15 is 0 Å². The third kappa shape index (κ3) is 6.15. The van der Waals surface area contributed by atoms with Crippen molar-refractivity contribution in [3.63, 3.8) is 0 Å². The molecule has 0 amide bonds. The van der Waals surface area contributed by atoms with Crippen LogP contribution in [0.25, 0.3) is 0 Å². The Labute approximate surface area is 216 Å². The smallest absolute Gasteiger partial charge is 0.338 e. The molecule has 2 aromatic carbocycles. The number of hydrogen-bond acceptors (Lipinski definition) is 6. The molecule has 0 saturated heterocycles. The van der Waals surface area contributed by atoms with Crippen LogP contribution in [0.15, 0.2) is 71.6 Å². The van der Waals surface area contributed by atoms with E-state index in [1.807, 2.05) is 13.0 Å². The molecule has 0 aliphatic carbocycles. The van der Waals surface area contributed by atoms with E-state index in [2.05, 4.69) is 33.9 Å². The van der Waals surface area contributed by atoms with E-state index in [0.717, 1.165) is 5.56 Å². The summed E-state index contributed by atoms with van der Waals surface area (Å²) in [6, 6.07) is 14.5. The zero-order chi connectivity index (χ0) is 26.7. The van der Waals surface area contributed by atoms with Crippen molar-refractivity contribution >= 4 is 24.3 Å². The molecule has 2 aromatic rings. The number of benzene rings is 2. The van der Waals surface area contributed by atoms with Crippen molar-refractivity contribution in [3.05, 3.63) is 77.9 Å². The molecule has 1 aliphatic rings. The molecular formula is C27H37NO6SSi. The number of carbonyl (C=O) groups is 1. The first-order chi connectivity index (χ1) is 16.8. The van der Waals surface area contributed by atoms with Crippen molar-refractivity contribution in [2.75, 3.05) is 13.7 Å². The predicted molar refractivity (Wildman–Crippen MR) is 143 cm³/mol. The van der Waals surface area contributed by atoms with E-state index in [9.17, 15) is 13.2 Å². The van der Waals surface area contributed by atoms with Crippen LogP contribution in [0.2, 0.25) is 18.1 Å². The molecule has 0 fully saturated rings. The average Bonchev–Trinajstić information content (AvgIpc) is 2.83. The number of sulfonamides is 1. The summed E-state index contributed by atoms with van der Waals surface area (Å²) in [5.74, 6) is -0.536. The van der Waals surface area contributed by atoms with E-state index in [4.69, 9.17) is 13.9 Å². The lowest BCUT2D eigenvalue weighted by Crippen LogP contribution is -2.58. The summed E-state index contributed by atoms with van der Waals surface area (Å²) in [6.45, 7) is 12.5. The first kappa shape index (κ1) is 28.3. The number of hydrogen-bond donors (Lipinski definition) is 0. The molecule has 0 aromatic heterocycles. The zero-order valence-corrected chi connectivity index (χ0v) is 23.9. The van der Waals surface area contributed by atoms with Gasteiger partial charge in [0.1, 0.15) is 12.3 Å². The second kappa shape index (κ2) is 11.0. The number of esters is 1. The number of carbonyl (C=O) groups excluding carboxylic acids is 1. The molecule has 0 saturated carbocycles. The van der Waals surface area contributed by atoms with Gasteiger partial charge in [0.25, 0.3) is 0 Å². The molecule has 1 heterocycles. The van der Waals surface area contributed by atoms with Crippen LogP contribution in [0.5, 0.6) is 0 Å². The summed E-state index contributed by atoms with van der Waals surface area (Å²) in [5.41, 5.74) is 1.33. The Bertz CT molecular complexity index is 1170. The lowest BCUT2D eigenvalue weighted by atomic mass is 10.1. The Hall–Kier alpha value is -2.30. The summed E-state index contributed by atoms with van der Waals surface area (Å²) >= 11 is 0. The summed E-state index contributed by atoms with van der Waals surface area (Å²) in [4.78, 5) is 13.1. The van der Waals surface area contributed by atoms with Crippen LogP contribution < -0.4 is 0 Å². The van der Waals surface area contributed by atoms with Gasteiger partial charge in [0.2, 0.25) is 10.0 Å². The average molecular weight is 532 g/mol. The van der Waals surface area contributed by atoms with Crippen molar-refractivity contribution in [3.8, 4) is 0 Å². The molecule has 0 radical (unpaired) electrons. The summed E-state index contributed by atoms with van der Waals surface area (Å²) in [5, 5.41) is -0.0883. The van der Waals surface area contributed by atoms with Gasteiger partial charge in [-0.15, -0.1) is 0 Å². The van der Waals surface area contributed by atoms with Crippen LogP contribution in [0.1, 0.15) is 36.7 Å². The van der Waals surface area contributed by atoms with Crippen LogP contribution in [0.3, 0.4) is 0 Å². The molecule has 3 atom stereocenters. The first-order valence-corrected chi connectivity index (χ1v) is 16.3. The number of ether oxygens (including phenoxy) is 2. The van der Waals surface area contributed by atoms with Gasteiger partial charge in [-0.05, 0) is 61.5 Å². The molecule has 0 bridgehead atoms. The normalized spacial score (nSPS) is 21.4. The van der Waals surface area contributed by atoms with Gasteiger partial charge in [-0.3, -0.25) is 0 Å². The number of methoxy groups -OCH3 is 1. The molecular weight excluding hydrogens is 494 g/mol. The molecule has 36 heavy (non-hydrogen) atoms. The van der Waals surface area contributed by atoms with Gasteiger partial charge in [0.15, 0.2) is 8.32 Å². The third-order valence-electron chi connectivity index (χ3n) is 6.93. The lowest BCUT2D eigenvalue weighted by molar-refractivity contribution is -0.0347. The highest BCUT2D eigenvalue weighted by Crippen LogP contribution is 2.38. The highest BCUT2D eigenvalue weighted by molar-refractivity contribution is 7.89. The van der Waals surface area contributed by atoms with E-state index in [1.165, 1.54) is 11.4 Å². The third-order valence-corrected chi connectivity index (χ3v) is 13.3. The fourth-order valence-corrected chi connectivity index (χ4v) is 6.35. The molecule has 0 unspecified atom stereocenters. The van der Waals surface area contributed by atoms with Crippen LogP contribution >= 0.6 is 0 Å². The van der Waals surface area contributed by atoms with Crippen LogP contribution in [0, 0.1) is 6.92 Å². The first-order valence-electron chi connectivity index (χ1n) is 12.0. The Morgan fingerprint density at radius 1 is 1.00 bits per heavy atom. The Kier molecular flexibility index (Phi) is 8.62. The number of nitrogens with zero attached hydrogens (tertiary/aromatic N) is 1. The summed E-state index contributed by atoms with van der Waals surface area (Å²) in [7, 11) is -4.83. The van der Waals surface area contributed by atoms with Gasteiger partial charge >= 0.3 is 5.97 Å². The van der Waals surface area contributed by atoms with E-state index < -0.39 is 42.7 Å². The largest absolute Gasteiger partial charge is 0.453 e. The SMILES string of the molecule is CO[C@@H]1C=C[C@H](OC(=O)c2ccccc2)[C@H](CO[Si](C)(C)C(C)(C)C)N1S(=O)(=O)c1ccc(C)cc1. The quantitative estimate of drug-likeness (QED) is 0.266. The minimum atomic E-state index is -4.02. The monoisotopic (exact) mass is 531 g/mol. The number of rotatable bonds is 8. The summed E-state index contributed by atoms with van der Waals surface area (Å²) < 4.78 is 47.0. The Balaban J connectivity index is 2.03. The van der Waals surface area contributed by atoms with E-state index in [-0.39, 0.29) is 16.5 Å². The Morgan fingerprint density at radius 2 is 1.61 bits per heavy atom. The standard InChI is InChI=1S/C27H37NO6SSi/c1-20-13-15-22(16-14-20)35(30,31)28-23(19-33-36(6,7)27(2,3)4)24(17-18-25(28)32-5)34-26(29)21-11-9-8-10-12-21/h8-18,23-25H,19H2,1-7H3/t23-,24-,25+/m0/s1. The molecule has 196 valence electrons. The molecule has 0 N–H and O–H groups in total. The molecule has 3 rings (SSSR count). The zero-order valence-electron chi connectivity index (χ0n) is 22.1. The van der Waals surface area contributed by atoms with Gasteiger partial charge < -0.3 is 13.9 Å². The molecule has 0 spiro atoms. The topological polar surface area (TPSA) is 82.1 Å². The summed E-state index contributed by atoms with van der Waals surface area (Å²) in [6.07, 6.45) is 1.55. The Morgan fingerprint density at radius 3 is 2.17 bits per heavy atom. The lowest BCUT2D eigenvalue weighted by Gasteiger charge is -2.43. The highest BCUT2D eigenvalue weighted by atomic mass is 32.2. The van der Waals surface area contributed by atoms with Crippen molar-refractivity contribution in [1.29, 1.82) is 0 Å². The minimum absolute atomic E-state index is 0.0541. The molecule has 9 heteroatoms. The predicted octanol–water partition coefficient (Wildman–Crippen LogP) is 5.14. The van der Waals surface area contributed by atoms with E-state index in [1.54, 1.807) is 60.7 Å². The second-order valence-corrected chi connectivity index (χ2v) is 17.2. The minimum Gasteiger partial charge on any atom is -0.453 e. The number of aryl methyl sites for hydroxylation is 1. The van der Waals surface area contributed by atoms with Crippen molar-refractivity contribution in [2.24, 2.45) is 0 Å². The van der Waals surface area contributed by atoms with Gasteiger partial charge in [0, 0.05) is 7.11 Å². The molecule has 1 aliphatic heterocycles. The van der Waals surface area contributed by atoms with Crippen LogP contribution in [0.4, 0.5) is 0 Å². The van der Waals surface area contributed by atoms with Crippen LogP contribution in [-0.4, -0.2) is 59.1 Å². The highest BCUT2D eigenvalue weighted by Gasteiger charge is 2.46. The van der Waals surface area contributed by atoms with Gasteiger partial charge in [-0.2, -0.15) is 4.31 Å². The van der Waals surface area contributed by atoms with Crippen LogP contribution in [-0.2, 0) is 23.9 Å². The van der Waals surface area contributed by atoms with Gasteiger partial charge in [-0.25, -0.2) is 13.2 Å². The fourth-order valence-electron chi connectivity index (χ4n) is 3.64. The van der Waals surface area contributed by atoms with E-state index in [0.29, 0.717) is 5.56 Å². The van der Waals surface area contributed by atoms with Crippen molar-refractivity contribution in [1.82, 2.24) is 4.31 Å². The maximum Gasteiger partial charge on any atom is 0.338 e.